The normalized spacial score (nSPS) is 21.1. The van der Waals surface area contributed by atoms with E-state index in [0.717, 1.165) is 23.4 Å². The minimum absolute atomic E-state index is 0.176. The van der Waals surface area contributed by atoms with Crippen molar-refractivity contribution in [2.75, 3.05) is 5.32 Å². The third-order valence-electron chi connectivity index (χ3n) is 5.64. The molecule has 0 spiro atoms. The van der Waals surface area contributed by atoms with Crippen LogP contribution in [0.4, 0.5) is 24.8 Å². The summed E-state index contributed by atoms with van der Waals surface area (Å²) >= 11 is 1.30. The molecular weight excluding hydrogens is 457 g/mol. The molecule has 0 radical (unpaired) electrons. The Bertz CT molecular complexity index is 1170. The van der Waals surface area contributed by atoms with Crippen molar-refractivity contribution in [1.29, 1.82) is 0 Å². The maximum absolute atomic E-state index is 12.9. The summed E-state index contributed by atoms with van der Waals surface area (Å²) < 4.78 is 38.8. The molecular formula is C22H21F3N4O3S. The Morgan fingerprint density at radius 1 is 1.21 bits per heavy atom. The molecule has 1 saturated carbocycles. The largest absolute Gasteiger partial charge is 0.481 e. The first-order valence-corrected chi connectivity index (χ1v) is 11.1. The van der Waals surface area contributed by atoms with Crippen LogP contribution in [0.25, 0.3) is 11.3 Å². The number of nitrogens with zero attached hydrogens (tertiary/aromatic N) is 3. The molecule has 0 atom stereocenters. The number of halogens is 3. The molecule has 1 aliphatic rings. The van der Waals surface area contributed by atoms with Crippen LogP contribution < -0.4 is 5.32 Å². The predicted molar refractivity (Wildman–Crippen MR) is 116 cm³/mol. The van der Waals surface area contributed by atoms with E-state index in [-0.39, 0.29) is 5.95 Å². The third kappa shape index (κ3) is 5.14. The number of carboxylic acids is 1. The van der Waals surface area contributed by atoms with Crippen LogP contribution in [-0.4, -0.2) is 31.1 Å². The average molecular weight is 478 g/mol. The lowest BCUT2D eigenvalue weighted by molar-refractivity contribution is -0.145. The van der Waals surface area contributed by atoms with Gasteiger partial charge in [-0.3, -0.25) is 4.79 Å². The molecule has 11 heteroatoms. The number of benzene rings is 1. The van der Waals surface area contributed by atoms with E-state index in [4.69, 9.17) is 0 Å². The van der Waals surface area contributed by atoms with Crippen LogP contribution >= 0.6 is 11.3 Å². The minimum Gasteiger partial charge on any atom is -0.481 e. The maximum atomic E-state index is 12.9. The number of carboxylic acid groups (broad SMARTS) is 1. The second-order valence-electron chi connectivity index (χ2n) is 8.16. The summed E-state index contributed by atoms with van der Waals surface area (Å²) in [6, 6.07) is 6.16. The summed E-state index contributed by atoms with van der Waals surface area (Å²) in [4.78, 5) is 23.2. The van der Waals surface area contributed by atoms with Crippen molar-refractivity contribution in [3.63, 3.8) is 0 Å². The molecule has 7 nitrogen and oxygen atoms in total. The van der Waals surface area contributed by atoms with Gasteiger partial charge in [0.15, 0.2) is 0 Å². The van der Waals surface area contributed by atoms with Crippen molar-refractivity contribution >= 4 is 28.9 Å². The van der Waals surface area contributed by atoms with Crippen LogP contribution in [0.5, 0.6) is 0 Å². The van der Waals surface area contributed by atoms with Crippen LogP contribution in [0.1, 0.15) is 41.9 Å². The van der Waals surface area contributed by atoms with Crippen LogP contribution in [0.2, 0.25) is 0 Å². The summed E-state index contributed by atoms with van der Waals surface area (Å²) in [5.41, 5.74) is 0.473. The molecule has 3 aromatic rings. The van der Waals surface area contributed by atoms with Gasteiger partial charge in [0.2, 0.25) is 5.95 Å². The highest BCUT2D eigenvalue weighted by molar-refractivity contribution is 7.10. The van der Waals surface area contributed by atoms with E-state index >= 15 is 0 Å². The van der Waals surface area contributed by atoms with Gasteiger partial charge in [0.05, 0.1) is 11.6 Å². The van der Waals surface area contributed by atoms with Gasteiger partial charge in [-0.15, -0.1) is 11.3 Å². The zero-order valence-corrected chi connectivity index (χ0v) is 18.4. The molecule has 33 heavy (non-hydrogen) atoms. The maximum Gasteiger partial charge on any atom is 0.433 e. The predicted octanol–water partition coefficient (Wildman–Crippen LogP) is 5.13. The molecule has 2 aromatic heterocycles. The third-order valence-corrected chi connectivity index (χ3v) is 6.68. The van der Waals surface area contributed by atoms with Gasteiger partial charge in [0, 0.05) is 22.8 Å². The second kappa shape index (κ2) is 8.71. The van der Waals surface area contributed by atoms with Gasteiger partial charge in [-0.2, -0.15) is 13.2 Å². The Morgan fingerprint density at radius 3 is 2.61 bits per heavy atom. The molecule has 1 aliphatic carbocycles. The fourth-order valence-electron chi connectivity index (χ4n) is 3.89. The molecule has 1 aromatic carbocycles. The van der Waals surface area contributed by atoms with Crippen LogP contribution in [0.15, 0.2) is 35.8 Å². The first-order chi connectivity index (χ1) is 15.5. The Hall–Kier alpha value is -3.05. The lowest BCUT2D eigenvalue weighted by atomic mass is 9.79. The Balaban J connectivity index is 1.56. The lowest BCUT2D eigenvalue weighted by Crippen LogP contribution is -2.33. The number of aliphatic hydroxyl groups is 1. The van der Waals surface area contributed by atoms with Gasteiger partial charge in [-0.05, 0) is 62.4 Å². The van der Waals surface area contributed by atoms with E-state index in [2.05, 4.69) is 20.3 Å². The first-order valence-electron chi connectivity index (χ1n) is 10.2. The molecule has 3 N–H and O–H groups in total. The second-order valence-corrected chi connectivity index (χ2v) is 9.02. The van der Waals surface area contributed by atoms with Crippen LogP contribution in [0, 0.1) is 12.8 Å². The van der Waals surface area contributed by atoms with Gasteiger partial charge < -0.3 is 15.5 Å². The number of nitrogens with one attached hydrogen (secondary N) is 1. The number of aliphatic carboxylic acids is 1. The fraction of sp³-hybridized carbons (Fsp3) is 0.364. The van der Waals surface area contributed by atoms with E-state index in [1.807, 2.05) is 13.0 Å². The van der Waals surface area contributed by atoms with E-state index in [1.165, 1.54) is 11.3 Å². The topological polar surface area (TPSA) is 108 Å². The van der Waals surface area contributed by atoms with Gasteiger partial charge >= 0.3 is 12.1 Å². The number of aryl methyl sites for hydroxylation is 1. The fourth-order valence-corrected chi connectivity index (χ4v) is 4.87. The van der Waals surface area contributed by atoms with E-state index in [9.17, 15) is 28.2 Å². The smallest absolute Gasteiger partial charge is 0.433 e. The number of hydrogen-bond donors (Lipinski definition) is 3. The van der Waals surface area contributed by atoms with Crippen LogP contribution in [-0.2, 0) is 16.6 Å². The summed E-state index contributed by atoms with van der Waals surface area (Å²) in [5, 5.41) is 25.3. The van der Waals surface area contributed by atoms with Crippen molar-refractivity contribution < 1.29 is 28.2 Å². The number of rotatable bonds is 5. The number of anilines is 2. The molecule has 1 fully saturated rings. The number of aromatic nitrogens is 3. The summed E-state index contributed by atoms with van der Waals surface area (Å²) in [5.74, 6) is -1.47. The number of alkyl halides is 3. The minimum atomic E-state index is -4.57. The molecule has 4 rings (SSSR count). The molecule has 0 bridgehead atoms. The standard InChI is InChI=1S/C22H21F3N4O3S/c1-12-8-14(10-15(9-12)27-20-26-7-4-17(29-20)22(23,24)25)16-11-33-19(28-16)21(32)5-2-13(3-6-21)18(30)31/h4,7-11,13,32H,2-3,5-6H2,1H3,(H,30,31)(H,26,27,29)/t13-,21-. The molecule has 0 amide bonds. The van der Waals surface area contributed by atoms with Crippen molar-refractivity contribution in [2.45, 2.75) is 44.4 Å². The highest BCUT2D eigenvalue weighted by atomic mass is 32.1. The molecule has 174 valence electrons. The van der Waals surface area contributed by atoms with Gasteiger partial charge in [-0.25, -0.2) is 15.0 Å². The Labute approximate surface area is 191 Å². The average Bonchev–Trinajstić information content (AvgIpc) is 3.25. The zero-order chi connectivity index (χ0) is 23.8. The molecule has 2 heterocycles. The van der Waals surface area contributed by atoms with Crippen molar-refractivity contribution in [2.24, 2.45) is 5.92 Å². The summed E-state index contributed by atoms with van der Waals surface area (Å²) in [6.45, 7) is 1.84. The molecule has 0 saturated heterocycles. The quantitative estimate of drug-likeness (QED) is 0.466. The van der Waals surface area contributed by atoms with Crippen molar-refractivity contribution in [3.8, 4) is 11.3 Å². The van der Waals surface area contributed by atoms with Crippen molar-refractivity contribution in [1.82, 2.24) is 15.0 Å². The van der Waals surface area contributed by atoms with E-state index in [0.29, 0.717) is 42.1 Å². The molecule has 0 aliphatic heterocycles. The van der Waals surface area contributed by atoms with E-state index < -0.39 is 29.4 Å². The first kappa shape index (κ1) is 23.1. The zero-order valence-electron chi connectivity index (χ0n) is 17.6. The Morgan fingerprint density at radius 2 is 1.94 bits per heavy atom. The van der Waals surface area contributed by atoms with Gasteiger partial charge in [0.25, 0.3) is 0 Å². The number of carbonyl (C=O) groups is 1. The summed E-state index contributed by atoms with van der Waals surface area (Å²) in [6.07, 6.45) is -2.11. The van der Waals surface area contributed by atoms with Gasteiger partial charge in [-0.1, -0.05) is 0 Å². The van der Waals surface area contributed by atoms with Gasteiger partial charge in [0.1, 0.15) is 16.3 Å². The van der Waals surface area contributed by atoms with Crippen molar-refractivity contribution in [3.05, 3.63) is 52.1 Å². The highest BCUT2D eigenvalue weighted by Gasteiger charge is 2.39. The number of hydrogen-bond acceptors (Lipinski definition) is 7. The number of thiazole rings is 1. The Kier molecular flexibility index (Phi) is 6.10. The monoisotopic (exact) mass is 478 g/mol. The highest BCUT2D eigenvalue weighted by Crippen LogP contribution is 2.42. The van der Waals surface area contributed by atoms with E-state index in [1.54, 1.807) is 17.5 Å². The molecule has 0 unspecified atom stereocenters. The summed E-state index contributed by atoms with van der Waals surface area (Å²) in [7, 11) is 0. The van der Waals surface area contributed by atoms with Crippen LogP contribution in [0.3, 0.4) is 0 Å². The lowest BCUT2D eigenvalue weighted by Gasteiger charge is -2.32. The SMILES string of the molecule is Cc1cc(Nc2nccc(C(F)(F)F)n2)cc(-c2csc([C@]3(O)CC[C@H](C(=O)O)CC3)n2)c1.